The van der Waals surface area contributed by atoms with E-state index in [-0.39, 0.29) is 5.60 Å². The summed E-state index contributed by atoms with van der Waals surface area (Å²) in [5.41, 5.74) is 1.30. The first-order chi connectivity index (χ1) is 8.41. The van der Waals surface area contributed by atoms with Crippen LogP contribution in [0.4, 0.5) is 0 Å². The van der Waals surface area contributed by atoms with Gasteiger partial charge in [-0.25, -0.2) is 0 Å². The zero-order valence-electron chi connectivity index (χ0n) is 10.2. The smallest absolute Gasteiger partial charge is 0.0877 e. The molecule has 1 spiro atoms. The number of nitrogens with one attached hydrogen (secondary N) is 1. The Kier molecular flexibility index (Phi) is 3.12. The van der Waals surface area contributed by atoms with Crippen molar-refractivity contribution in [3.05, 3.63) is 30.1 Å². The van der Waals surface area contributed by atoms with Gasteiger partial charge in [0.1, 0.15) is 0 Å². The van der Waals surface area contributed by atoms with Crippen LogP contribution in [0, 0.1) is 0 Å². The van der Waals surface area contributed by atoms with Gasteiger partial charge in [-0.2, -0.15) is 0 Å². The third-order valence-corrected chi connectivity index (χ3v) is 4.08. The minimum absolute atomic E-state index is 0.0273. The first-order valence-electron chi connectivity index (χ1n) is 6.68. The second kappa shape index (κ2) is 4.75. The molecular weight excluding hydrogens is 212 g/mol. The zero-order chi connectivity index (χ0) is 11.6. The van der Waals surface area contributed by atoms with Gasteiger partial charge in [-0.15, -0.1) is 0 Å². The van der Waals surface area contributed by atoms with E-state index in [2.05, 4.69) is 16.4 Å². The summed E-state index contributed by atoms with van der Waals surface area (Å²) in [6.45, 7) is 1.79. The first-order valence-corrected chi connectivity index (χ1v) is 6.68. The predicted molar refractivity (Wildman–Crippen MR) is 66.7 cm³/mol. The highest BCUT2D eigenvalue weighted by Gasteiger charge is 2.43. The van der Waals surface area contributed by atoms with Gasteiger partial charge in [-0.3, -0.25) is 4.98 Å². The van der Waals surface area contributed by atoms with E-state index in [4.69, 9.17) is 4.74 Å². The Hall–Kier alpha value is -0.930. The molecule has 0 bridgehead atoms. The molecule has 1 unspecified atom stereocenters. The van der Waals surface area contributed by atoms with Gasteiger partial charge in [0.05, 0.1) is 18.2 Å². The molecule has 1 aromatic rings. The molecule has 0 amide bonds. The van der Waals surface area contributed by atoms with Gasteiger partial charge in [-0.05, 0) is 24.5 Å². The maximum absolute atomic E-state index is 6.18. The molecule has 1 aliphatic carbocycles. The van der Waals surface area contributed by atoms with Crippen molar-refractivity contribution in [1.82, 2.24) is 10.3 Å². The molecule has 3 nitrogen and oxygen atoms in total. The lowest BCUT2D eigenvalue weighted by atomic mass is 9.76. The standard InChI is InChI=1S/C14H20N2O/c1-2-6-14(7-3-1)13(16-9-10-17-14)12-5-4-8-15-11-12/h4-5,8,11,13,16H,1-3,6-7,9-10H2. The van der Waals surface area contributed by atoms with Crippen LogP contribution in [0.15, 0.2) is 24.5 Å². The van der Waals surface area contributed by atoms with Crippen LogP contribution in [0.3, 0.4) is 0 Å². The quantitative estimate of drug-likeness (QED) is 0.807. The number of hydrogen-bond acceptors (Lipinski definition) is 3. The summed E-state index contributed by atoms with van der Waals surface area (Å²) in [5, 5.41) is 3.63. The lowest BCUT2D eigenvalue weighted by Crippen LogP contribution is -2.53. The minimum Gasteiger partial charge on any atom is -0.372 e. The number of ether oxygens (including phenoxy) is 1. The van der Waals surface area contributed by atoms with Crippen molar-refractivity contribution < 1.29 is 4.74 Å². The highest BCUT2D eigenvalue weighted by atomic mass is 16.5. The van der Waals surface area contributed by atoms with Crippen LogP contribution in [0.2, 0.25) is 0 Å². The van der Waals surface area contributed by atoms with E-state index in [1.54, 1.807) is 0 Å². The lowest BCUT2D eigenvalue weighted by Gasteiger charge is -2.47. The number of rotatable bonds is 1. The Morgan fingerprint density at radius 2 is 2.18 bits per heavy atom. The minimum atomic E-state index is 0.0273. The molecule has 1 atom stereocenters. The van der Waals surface area contributed by atoms with Gasteiger partial charge < -0.3 is 10.1 Å². The van der Waals surface area contributed by atoms with Crippen LogP contribution in [0.5, 0.6) is 0 Å². The van der Waals surface area contributed by atoms with Gasteiger partial charge in [-0.1, -0.05) is 25.3 Å². The van der Waals surface area contributed by atoms with Gasteiger partial charge in [0.2, 0.25) is 0 Å². The molecule has 2 aliphatic rings. The molecule has 0 radical (unpaired) electrons. The maximum Gasteiger partial charge on any atom is 0.0877 e. The monoisotopic (exact) mass is 232 g/mol. The summed E-state index contributed by atoms with van der Waals surface area (Å²) < 4.78 is 6.18. The van der Waals surface area contributed by atoms with Crippen molar-refractivity contribution in [1.29, 1.82) is 0 Å². The van der Waals surface area contributed by atoms with Crippen molar-refractivity contribution in [2.75, 3.05) is 13.2 Å². The summed E-state index contributed by atoms with van der Waals surface area (Å²) in [4.78, 5) is 4.24. The molecule has 1 saturated heterocycles. The lowest BCUT2D eigenvalue weighted by molar-refractivity contribution is -0.119. The van der Waals surface area contributed by atoms with Crippen molar-refractivity contribution >= 4 is 0 Å². The zero-order valence-corrected chi connectivity index (χ0v) is 10.2. The summed E-state index contributed by atoms with van der Waals surface area (Å²) in [7, 11) is 0. The second-order valence-corrected chi connectivity index (χ2v) is 5.15. The van der Waals surface area contributed by atoms with E-state index in [1.807, 2.05) is 18.5 Å². The molecule has 92 valence electrons. The highest BCUT2D eigenvalue weighted by Crippen LogP contribution is 2.42. The maximum atomic E-state index is 6.18. The van der Waals surface area contributed by atoms with E-state index < -0.39 is 0 Å². The van der Waals surface area contributed by atoms with Crippen LogP contribution < -0.4 is 5.32 Å². The van der Waals surface area contributed by atoms with E-state index in [9.17, 15) is 0 Å². The van der Waals surface area contributed by atoms with E-state index in [0.717, 1.165) is 13.2 Å². The van der Waals surface area contributed by atoms with Gasteiger partial charge >= 0.3 is 0 Å². The molecular formula is C14H20N2O. The Bertz CT molecular complexity index is 351. The number of pyridine rings is 1. The second-order valence-electron chi connectivity index (χ2n) is 5.15. The highest BCUT2D eigenvalue weighted by molar-refractivity contribution is 5.20. The third kappa shape index (κ3) is 2.09. The number of nitrogens with zero attached hydrogens (tertiary/aromatic N) is 1. The van der Waals surface area contributed by atoms with E-state index in [1.165, 1.54) is 37.7 Å². The molecule has 17 heavy (non-hydrogen) atoms. The molecule has 3 heteroatoms. The Balaban J connectivity index is 1.89. The van der Waals surface area contributed by atoms with Crippen LogP contribution in [0.1, 0.15) is 43.7 Å². The summed E-state index contributed by atoms with van der Waals surface area (Å²) in [6.07, 6.45) is 10.1. The van der Waals surface area contributed by atoms with E-state index >= 15 is 0 Å². The molecule has 1 N–H and O–H groups in total. The van der Waals surface area contributed by atoms with Crippen LogP contribution in [-0.2, 0) is 4.74 Å². The summed E-state index contributed by atoms with van der Waals surface area (Å²) in [6, 6.07) is 4.50. The topological polar surface area (TPSA) is 34.2 Å². The van der Waals surface area contributed by atoms with Gasteiger partial charge in [0.15, 0.2) is 0 Å². The molecule has 1 saturated carbocycles. The molecule has 2 fully saturated rings. The average molecular weight is 232 g/mol. The van der Waals surface area contributed by atoms with Gasteiger partial charge in [0, 0.05) is 18.9 Å². The molecule has 2 heterocycles. The van der Waals surface area contributed by atoms with Crippen LogP contribution in [-0.4, -0.2) is 23.7 Å². The van der Waals surface area contributed by atoms with Crippen molar-refractivity contribution in [3.8, 4) is 0 Å². The largest absolute Gasteiger partial charge is 0.372 e. The van der Waals surface area contributed by atoms with Crippen LogP contribution in [0.25, 0.3) is 0 Å². The first kappa shape index (κ1) is 11.2. The average Bonchev–Trinajstić information content (AvgIpc) is 2.41. The van der Waals surface area contributed by atoms with Crippen molar-refractivity contribution in [2.45, 2.75) is 43.7 Å². The number of hydrogen-bond donors (Lipinski definition) is 1. The molecule has 0 aromatic carbocycles. The fourth-order valence-corrected chi connectivity index (χ4v) is 3.28. The van der Waals surface area contributed by atoms with Crippen molar-refractivity contribution in [2.24, 2.45) is 0 Å². The van der Waals surface area contributed by atoms with E-state index in [0.29, 0.717) is 6.04 Å². The Morgan fingerprint density at radius 3 is 2.94 bits per heavy atom. The van der Waals surface area contributed by atoms with Gasteiger partial charge in [0.25, 0.3) is 0 Å². The molecule has 1 aromatic heterocycles. The summed E-state index contributed by atoms with van der Waals surface area (Å²) >= 11 is 0. The number of aromatic nitrogens is 1. The third-order valence-electron chi connectivity index (χ3n) is 4.08. The fourth-order valence-electron chi connectivity index (χ4n) is 3.28. The molecule has 1 aliphatic heterocycles. The number of morpholine rings is 1. The Labute approximate surface area is 103 Å². The van der Waals surface area contributed by atoms with Crippen molar-refractivity contribution in [3.63, 3.8) is 0 Å². The van der Waals surface area contributed by atoms with Crippen LogP contribution >= 0.6 is 0 Å². The predicted octanol–water partition coefficient (Wildman–Crippen LogP) is 2.45. The Morgan fingerprint density at radius 1 is 1.29 bits per heavy atom. The fraction of sp³-hybridized carbons (Fsp3) is 0.643. The molecule has 3 rings (SSSR count). The normalized spacial score (nSPS) is 28.1. The SMILES string of the molecule is c1cncc(C2NCCOC23CCCCC3)c1. The summed E-state index contributed by atoms with van der Waals surface area (Å²) in [5.74, 6) is 0.